The van der Waals surface area contributed by atoms with Gasteiger partial charge in [0.1, 0.15) is 11.6 Å². The van der Waals surface area contributed by atoms with E-state index in [0.717, 1.165) is 44.6 Å². The molecule has 7 nitrogen and oxygen atoms in total. The van der Waals surface area contributed by atoms with Gasteiger partial charge in [0.25, 0.3) is 0 Å². The lowest BCUT2D eigenvalue weighted by molar-refractivity contribution is -0.138. The quantitative estimate of drug-likeness (QED) is 0.594. The largest absolute Gasteiger partial charge is 0.493 e. The molecule has 1 fully saturated rings. The van der Waals surface area contributed by atoms with Gasteiger partial charge in [-0.2, -0.15) is 4.98 Å². The Morgan fingerprint density at radius 2 is 2.07 bits per heavy atom. The second kappa shape index (κ2) is 9.91. The molecule has 1 N–H and O–H groups in total. The summed E-state index contributed by atoms with van der Waals surface area (Å²) in [6, 6.07) is 5.00. The van der Waals surface area contributed by atoms with E-state index in [0.29, 0.717) is 24.3 Å². The number of aromatic nitrogens is 2. The lowest BCUT2D eigenvalue weighted by atomic mass is 9.92. The van der Waals surface area contributed by atoms with Crippen LogP contribution in [-0.2, 0) is 4.79 Å². The molecule has 0 saturated carbocycles. The number of hydrogen-bond acceptors (Lipinski definition) is 6. The predicted molar refractivity (Wildman–Crippen MR) is 111 cm³/mol. The minimum Gasteiger partial charge on any atom is -0.493 e. The van der Waals surface area contributed by atoms with Crippen molar-refractivity contribution in [1.29, 1.82) is 0 Å². The van der Waals surface area contributed by atoms with Crippen molar-refractivity contribution in [3.8, 4) is 5.75 Å². The Morgan fingerprint density at radius 1 is 1.33 bits per heavy atom. The van der Waals surface area contributed by atoms with Crippen LogP contribution in [0.3, 0.4) is 0 Å². The van der Waals surface area contributed by atoms with Crippen LogP contribution in [0.1, 0.15) is 69.7 Å². The van der Waals surface area contributed by atoms with Gasteiger partial charge >= 0.3 is 12.0 Å². The molecule has 1 aliphatic heterocycles. The van der Waals surface area contributed by atoms with Crippen LogP contribution in [0.2, 0.25) is 0 Å². The van der Waals surface area contributed by atoms with E-state index in [1.807, 2.05) is 13.8 Å². The summed E-state index contributed by atoms with van der Waals surface area (Å²) in [6.07, 6.45) is 4.06. The summed E-state index contributed by atoms with van der Waals surface area (Å²) in [5.74, 6) is -0.427. The molecule has 164 valence electrons. The number of piperidine rings is 1. The number of hydrogen-bond donors (Lipinski definition) is 1. The third kappa shape index (κ3) is 5.49. The number of anilines is 1. The summed E-state index contributed by atoms with van der Waals surface area (Å²) in [4.78, 5) is 17.6. The summed E-state index contributed by atoms with van der Waals surface area (Å²) < 4.78 is 25.2. The highest BCUT2D eigenvalue weighted by Crippen LogP contribution is 2.27. The fourth-order valence-electron chi connectivity index (χ4n) is 3.65. The third-order valence-electron chi connectivity index (χ3n) is 5.67. The second-order valence-electron chi connectivity index (χ2n) is 8.25. The van der Waals surface area contributed by atoms with Crippen LogP contribution in [-0.4, -0.2) is 40.9 Å². The van der Waals surface area contributed by atoms with Crippen molar-refractivity contribution in [2.75, 3.05) is 24.6 Å². The first kappa shape index (κ1) is 22.1. The zero-order valence-corrected chi connectivity index (χ0v) is 17.8. The summed E-state index contributed by atoms with van der Waals surface area (Å²) in [5.41, 5.74) is 0.170. The molecule has 0 bridgehead atoms. The summed E-state index contributed by atoms with van der Waals surface area (Å²) in [7, 11) is 0. The van der Waals surface area contributed by atoms with E-state index in [1.54, 1.807) is 6.07 Å². The molecule has 0 aliphatic carbocycles. The number of rotatable bonds is 9. The molecule has 2 heterocycles. The summed E-state index contributed by atoms with van der Waals surface area (Å²) in [5, 5.41) is 13.0. The number of halogens is 1. The van der Waals surface area contributed by atoms with E-state index in [9.17, 15) is 9.18 Å². The van der Waals surface area contributed by atoms with Crippen LogP contribution < -0.4 is 9.64 Å². The molecule has 1 aromatic carbocycles. The molecule has 2 aromatic rings. The molecular formula is C22H30FN3O4. The Bertz CT molecular complexity index is 847. The maximum absolute atomic E-state index is 14.1. The first-order valence-electron chi connectivity index (χ1n) is 10.6. The van der Waals surface area contributed by atoms with Crippen LogP contribution in [0, 0.1) is 11.7 Å². The average molecular weight is 419 g/mol. The van der Waals surface area contributed by atoms with Crippen molar-refractivity contribution in [2.45, 2.75) is 58.3 Å². The zero-order chi connectivity index (χ0) is 21.7. The van der Waals surface area contributed by atoms with E-state index in [4.69, 9.17) is 14.4 Å². The Balaban J connectivity index is 1.38. The van der Waals surface area contributed by atoms with Gasteiger partial charge in [-0.1, -0.05) is 25.1 Å². The van der Waals surface area contributed by atoms with Crippen molar-refractivity contribution in [1.82, 2.24) is 10.1 Å². The first-order valence-corrected chi connectivity index (χ1v) is 10.6. The van der Waals surface area contributed by atoms with Crippen molar-refractivity contribution in [3.05, 3.63) is 35.4 Å². The fourth-order valence-corrected chi connectivity index (χ4v) is 3.65. The maximum atomic E-state index is 14.1. The summed E-state index contributed by atoms with van der Waals surface area (Å²) in [6.45, 7) is 7.87. The van der Waals surface area contributed by atoms with Gasteiger partial charge in [0.05, 0.1) is 12.5 Å². The van der Waals surface area contributed by atoms with Gasteiger partial charge in [0.2, 0.25) is 0 Å². The fraction of sp³-hybridized carbons (Fsp3) is 0.591. The van der Waals surface area contributed by atoms with Gasteiger partial charge in [-0.25, -0.2) is 4.39 Å². The van der Waals surface area contributed by atoms with E-state index in [-0.39, 0.29) is 11.5 Å². The number of benzene rings is 1. The third-order valence-corrected chi connectivity index (χ3v) is 5.67. The normalized spacial score (nSPS) is 16.1. The Kier molecular flexibility index (Phi) is 7.29. The number of carbonyl (C=O) groups is 1. The molecule has 1 aromatic heterocycles. The molecule has 3 rings (SSSR count). The number of aliphatic carboxylic acids is 1. The number of carboxylic acids is 1. The predicted octanol–water partition coefficient (Wildman–Crippen LogP) is 4.60. The number of ether oxygens (including phenoxy) is 1. The van der Waals surface area contributed by atoms with Crippen LogP contribution in [0.4, 0.5) is 10.4 Å². The molecule has 30 heavy (non-hydrogen) atoms. The van der Waals surface area contributed by atoms with Crippen LogP contribution in [0.15, 0.2) is 22.7 Å². The Labute approximate surface area is 176 Å². The van der Waals surface area contributed by atoms with Crippen molar-refractivity contribution < 1.29 is 23.6 Å². The SMILES string of the molecule is CC(C)c1noc(N2CCC(CCCOc3ccc(C(C)C(=O)O)c(F)c3)CC2)n1. The van der Waals surface area contributed by atoms with Gasteiger partial charge in [0, 0.05) is 30.6 Å². The monoisotopic (exact) mass is 419 g/mol. The first-order chi connectivity index (χ1) is 14.3. The minimum absolute atomic E-state index is 0.170. The molecule has 1 saturated heterocycles. The zero-order valence-electron chi connectivity index (χ0n) is 17.8. The maximum Gasteiger partial charge on any atom is 0.324 e. The van der Waals surface area contributed by atoms with Gasteiger partial charge in [-0.3, -0.25) is 4.79 Å². The van der Waals surface area contributed by atoms with E-state index in [2.05, 4.69) is 15.0 Å². The van der Waals surface area contributed by atoms with Crippen LogP contribution >= 0.6 is 0 Å². The number of nitrogens with zero attached hydrogens (tertiary/aromatic N) is 3. The summed E-state index contributed by atoms with van der Waals surface area (Å²) >= 11 is 0. The standard InChI is InChI=1S/C22H30FN3O4/c1-14(2)20-24-22(30-25-20)26-10-8-16(9-11-26)5-4-12-29-17-6-7-18(19(23)13-17)15(3)21(27)28/h6-7,13-16H,4-5,8-12H2,1-3H3,(H,27,28). The lowest BCUT2D eigenvalue weighted by Gasteiger charge is -2.30. The Hall–Kier alpha value is -2.64. The topological polar surface area (TPSA) is 88.7 Å². The number of carboxylic acid groups (broad SMARTS) is 1. The molecular weight excluding hydrogens is 389 g/mol. The highest BCUT2D eigenvalue weighted by atomic mass is 19.1. The molecule has 0 spiro atoms. The van der Waals surface area contributed by atoms with Gasteiger partial charge in [-0.15, -0.1) is 0 Å². The highest BCUT2D eigenvalue weighted by Gasteiger charge is 2.23. The molecule has 0 radical (unpaired) electrons. The molecule has 1 atom stereocenters. The molecule has 8 heteroatoms. The van der Waals surface area contributed by atoms with Gasteiger partial charge in [-0.05, 0) is 44.6 Å². The van der Waals surface area contributed by atoms with Crippen molar-refractivity contribution in [2.24, 2.45) is 5.92 Å². The smallest absolute Gasteiger partial charge is 0.324 e. The Morgan fingerprint density at radius 3 is 2.67 bits per heavy atom. The van der Waals surface area contributed by atoms with Crippen LogP contribution in [0.5, 0.6) is 5.75 Å². The van der Waals surface area contributed by atoms with Gasteiger partial charge in [0.15, 0.2) is 5.82 Å². The van der Waals surface area contributed by atoms with E-state index in [1.165, 1.54) is 19.1 Å². The molecule has 1 unspecified atom stereocenters. The van der Waals surface area contributed by atoms with Crippen molar-refractivity contribution in [3.63, 3.8) is 0 Å². The van der Waals surface area contributed by atoms with E-state index < -0.39 is 17.7 Å². The van der Waals surface area contributed by atoms with Gasteiger partial charge < -0.3 is 19.3 Å². The van der Waals surface area contributed by atoms with Crippen molar-refractivity contribution >= 4 is 12.0 Å². The molecule has 0 amide bonds. The molecule has 1 aliphatic rings. The average Bonchev–Trinajstić information content (AvgIpc) is 3.22. The van der Waals surface area contributed by atoms with E-state index >= 15 is 0 Å². The van der Waals surface area contributed by atoms with Crippen LogP contribution in [0.25, 0.3) is 0 Å². The lowest BCUT2D eigenvalue weighted by Crippen LogP contribution is -2.34. The highest BCUT2D eigenvalue weighted by molar-refractivity contribution is 5.75. The second-order valence-corrected chi connectivity index (χ2v) is 8.25. The minimum atomic E-state index is -1.05.